The number of aliphatic imine (C=N–C) groups is 1. The summed E-state index contributed by atoms with van der Waals surface area (Å²) in [6.07, 6.45) is 0.631. The number of hydrogen-bond donors (Lipinski definition) is 1. The molecular weight excluding hydrogens is 202 g/mol. The molecule has 1 heterocycles. The summed E-state index contributed by atoms with van der Waals surface area (Å²) in [5, 5.41) is 9.09. The third kappa shape index (κ3) is 1.76. The Morgan fingerprint density at radius 3 is 2.62 bits per heavy atom. The lowest BCUT2D eigenvalue weighted by atomic mass is 9.97. The molecule has 0 radical (unpaired) electrons. The number of rotatable bonds is 2. The van der Waals surface area contributed by atoms with E-state index >= 15 is 0 Å². The molecule has 0 fully saturated rings. The van der Waals surface area contributed by atoms with Crippen LogP contribution in [0.2, 0.25) is 0 Å². The van der Waals surface area contributed by atoms with Gasteiger partial charge in [-0.25, -0.2) is 9.79 Å². The van der Waals surface area contributed by atoms with Crippen molar-refractivity contribution in [3.63, 3.8) is 0 Å². The van der Waals surface area contributed by atoms with E-state index in [-0.39, 0.29) is 5.70 Å². The zero-order chi connectivity index (χ0) is 11.7. The Morgan fingerprint density at radius 2 is 2.00 bits per heavy atom. The minimum Gasteiger partial charge on any atom is -0.477 e. The van der Waals surface area contributed by atoms with Gasteiger partial charge in [0.15, 0.2) is 5.70 Å². The monoisotopic (exact) mass is 215 g/mol. The lowest BCUT2D eigenvalue weighted by Crippen LogP contribution is -1.99. The Labute approximate surface area is 94.1 Å². The van der Waals surface area contributed by atoms with Gasteiger partial charge in [0.2, 0.25) is 0 Å². The van der Waals surface area contributed by atoms with Crippen molar-refractivity contribution in [1.29, 1.82) is 0 Å². The van der Waals surface area contributed by atoms with Gasteiger partial charge in [-0.1, -0.05) is 24.3 Å². The molecule has 3 heteroatoms. The van der Waals surface area contributed by atoms with Crippen LogP contribution in [0.5, 0.6) is 0 Å². The van der Waals surface area contributed by atoms with Crippen molar-refractivity contribution < 1.29 is 9.90 Å². The zero-order valence-electron chi connectivity index (χ0n) is 9.32. The van der Waals surface area contributed by atoms with Crippen LogP contribution in [0, 0.1) is 6.92 Å². The zero-order valence-corrected chi connectivity index (χ0v) is 9.32. The van der Waals surface area contributed by atoms with Crippen molar-refractivity contribution in [2.45, 2.75) is 20.3 Å². The van der Waals surface area contributed by atoms with Gasteiger partial charge in [-0.3, -0.25) is 0 Å². The highest BCUT2D eigenvalue weighted by atomic mass is 16.4. The van der Waals surface area contributed by atoms with Crippen LogP contribution in [0.15, 0.2) is 35.0 Å². The number of carbonyl (C=O) groups is 1. The molecule has 0 aromatic heterocycles. The van der Waals surface area contributed by atoms with E-state index in [1.807, 2.05) is 38.1 Å². The summed E-state index contributed by atoms with van der Waals surface area (Å²) in [7, 11) is 0. The molecule has 0 saturated heterocycles. The van der Waals surface area contributed by atoms with Crippen LogP contribution in [0.4, 0.5) is 0 Å². The van der Waals surface area contributed by atoms with E-state index in [2.05, 4.69) is 4.99 Å². The second-order valence-electron chi connectivity index (χ2n) is 3.97. The average Bonchev–Trinajstić information content (AvgIpc) is 2.61. The summed E-state index contributed by atoms with van der Waals surface area (Å²) in [5.41, 5.74) is 3.94. The minimum absolute atomic E-state index is 0.187. The predicted molar refractivity (Wildman–Crippen MR) is 63.5 cm³/mol. The second-order valence-corrected chi connectivity index (χ2v) is 3.97. The van der Waals surface area contributed by atoms with Crippen LogP contribution < -0.4 is 0 Å². The molecule has 1 aliphatic heterocycles. The molecule has 0 unspecified atom stereocenters. The highest BCUT2D eigenvalue weighted by molar-refractivity contribution is 6.08. The molecule has 1 N–H and O–H groups in total. The van der Waals surface area contributed by atoms with Crippen LogP contribution in [-0.4, -0.2) is 16.8 Å². The van der Waals surface area contributed by atoms with Crippen molar-refractivity contribution in [2.75, 3.05) is 0 Å². The molecule has 0 aliphatic carbocycles. The number of allylic oxidation sites excluding steroid dienone is 1. The van der Waals surface area contributed by atoms with Crippen LogP contribution in [0.3, 0.4) is 0 Å². The van der Waals surface area contributed by atoms with Gasteiger partial charge in [0, 0.05) is 12.1 Å². The van der Waals surface area contributed by atoms with E-state index in [1.54, 1.807) is 0 Å². The van der Waals surface area contributed by atoms with E-state index in [4.69, 9.17) is 5.11 Å². The Bertz CT molecular complexity index is 512. The van der Waals surface area contributed by atoms with Crippen molar-refractivity contribution >= 4 is 17.3 Å². The Morgan fingerprint density at radius 1 is 1.31 bits per heavy atom. The van der Waals surface area contributed by atoms with Gasteiger partial charge in [0.05, 0.1) is 0 Å². The number of carboxylic acids is 1. The Hall–Kier alpha value is -1.90. The lowest BCUT2D eigenvalue weighted by molar-refractivity contribution is -0.132. The molecule has 0 amide bonds. The smallest absolute Gasteiger partial charge is 0.354 e. The summed E-state index contributed by atoms with van der Waals surface area (Å²) in [5.74, 6) is -0.949. The third-order valence-electron chi connectivity index (χ3n) is 2.69. The van der Waals surface area contributed by atoms with Crippen LogP contribution in [-0.2, 0) is 4.79 Å². The first-order valence-corrected chi connectivity index (χ1v) is 5.16. The maximum atomic E-state index is 11.1. The summed E-state index contributed by atoms with van der Waals surface area (Å²) >= 11 is 0. The molecular formula is C13H13NO2. The van der Waals surface area contributed by atoms with E-state index < -0.39 is 5.97 Å². The fourth-order valence-electron chi connectivity index (χ4n) is 1.95. The number of hydrogen-bond acceptors (Lipinski definition) is 2. The first kappa shape index (κ1) is 10.6. The number of benzene rings is 1. The van der Waals surface area contributed by atoms with E-state index in [0.29, 0.717) is 6.42 Å². The predicted octanol–water partition coefficient (Wildman–Crippen LogP) is 2.66. The molecule has 0 atom stereocenters. The second kappa shape index (κ2) is 3.93. The van der Waals surface area contributed by atoms with Crippen molar-refractivity contribution in [3.05, 3.63) is 41.1 Å². The number of carboxylic acid groups (broad SMARTS) is 1. The number of nitrogens with zero attached hydrogens (tertiary/aromatic N) is 1. The molecule has 1 aromatic carbocycles. The maximum absolute atomic E-state index is 11.1. The van der Waals surface area contributed by atoms with Gasteiger partial charge < -0.3 is 5.11 Å². The van der Waals surface area contributed by atoms with E-state index in [9.17, 15) is 4.79 Å². The normalized spacial score (nSPS) is 15.2. The molecule has 0 saturated carbocycles. The first-order chi connectivity index (χ1) is 7.59. The maximum Gasteiger partial charge on any atom is 0.354 e. The highest BCUT2D eigenvalue weighted by Gasteiger charge is 2.22. The van der Waals surface area contributed by atoms with Crippen LogP contribution in [0.1, 0.15) is 24.5 Å². The van der Waals surface area contributed by atoms with Gasteiger partial charge in [-0.05, 0) is 30.5 Å². The molecule has 2 rings (SSSR count). The first-order valence-electron chi connectivity index (χ1n) is 5.16. The minimum atomic E-state index is -0.949. The largest absolute Gasteiger partial charge is 0.477 e. The molecule has 16 heavy (non-hydrogen) atoms. The van der Waals surface area contributed by atoms with E-state index in [1.165, 1.54) is 0 Å². The summed E-state index contributed by atoms with van der Waals surface area (Å²) in [6.45, 7) is 3.84. The number of aliphatic carboxylic acids is 1. The highest BCUT2D eigenvalue weighted by Crippen LogP contribution is 2.31. The van der Waals surface area contributed by atoms with Gasteiger partial charge in [0.1, 0.15) is 0 Å². The Balaban J connectivity index is 2.54. The number of aryl methyl sites for hydroxylation is 1. The fraction of sp³-hybridized carbons (Fsp3) is 0.231. The van der Waals surface area contributed by atoms with Crippen molar-refractivity contribution in [3.8, 4) is 0 Å². The Kier molecular flexibility index (Phi) is 2.60. The molecule has 82 valence electrons. The molecule has 0 spiro atoms. The van der Waals surface area contributed by atoms with Crippen LogP contribution >= 0.6 is 0 Å². The SMILES string of the molecule is CC1=NC(C(=O)O)=C(c2ccccc2C)C1. The van der Waals surface area contributed by atoms with Crippen LogP contribution in [0.25, 0.3) is 5.57 Å². The quantitative estimate of drug-likeness (QED) is 0.824. The summed E-state index contributed by atoms with van der Waals surface area (Å²) in [4.78, 5) is 15.2. The van der Waals surface area contributed by atoms with Crippen molar-refractivity contribution in [2.24, 2.45) is 4.99 Å². The topological polar surface area (TPSA) is 49.7 Å². The molecule has 1 aliphatic rings. The van der Waals surface area contributed by atoms with Gasteiger partial charge in [-0.2, -0.15) is 0 Å². The third-order valence-corrected chi connectivity index (χ3v) is 2.69. The van der Waals surface area contributed by atoms with Gasteiger partial charge >= 0.3 is 5.97 Å². The summed E-state index contributed by atoms with van der Waals surface area (Å²) in [6, 6.07) is 7.79. The molecule has 1 aromatic rings. The van der Waals surface area contributed by atoms with Gasteiger partial charge in [0.25, 0.3) is 0 Å². The van der Waals surface area contributed by atoms with Gasteiger partial charge in [-0.15, -0.1) is 0 Å². The standard InChI is InChI=1S/C13H13NO2/c1-8-5-3-4-6-10(8)11-7-9(2)14-12(11)13(15)16/h3-6H,7H2,1-2H3,(H,15,16). The lowest BCUT2D eigenvalue weighted by Gasteiger charge is -2.07. The average molecular weight is 215 g/mol. The molecule has 0 bridgehead atoms. The fourth-order valence-corrected chi connectivity index (χ4v) is 1.95. The molecule has 3 nitrogen and oxygen atoms in total. The van der Waals surface area contributed by atoms with Crippen molar-refractivity contribution in [1.82, 2.24) is 0 Å². The van der Waals surface area contributed by atoms with E-state index in [0.717, 1.165) is 22.4 Å². The summed E-state index contributed by atoms with van der Waals surface area (Å²) < 4.78 is 0.